The first-order chi connectivity index (χ1) is 9.90. The quantitative estimate of drug-likeness (QED) is 0.613. The molecule has 7 nitrogen and oxygen atoms in total. The summed E-state index contributed by atoms with van der Waals surface area (Å²) >= 11 is 0. The zero-order valence-electron chi connectivity index (χ0n) is 11.9. The van der Waals surface area contributed by atoms with Gasteiger partial charge in [-0.3, -0.25) is 19.3 Å². The molecular weight excluding hydrogens is 274 g/mol. The third-order valence-corrected chi connectivity index (χ3v) is 3.01. The predicted octanol–water partition coefficient (Wildman–Crippen LogP) is 0.565. The molecule has 112 valence electrons. The molecule has 2 rings (SSSR count). The van der Waals surface area contributed by atoms with Gasteiger partial charge in [0.25, 0.3) is 11.8 Å². The summed E-state index contributed by atoms with van der Waals surface area (Å²) in [7, 11) is 0. The normalized spacial score (nSPS) is 16.8. The van der Waals surface area contributed by atoms with Crippen molar-refractivity contribution in [2.45, 2.75) is 26.0 Å². The molecule has 7 heteroatoms. The van der Waals surface area contributed by atoms with Crippen LogP contribution in [0.2, 0.25) is 0 Å². The lowest BCUT2D eigenvalue weighted by Crippen LogP contribution is -2.43. The van der Waals surface area contributed by atoms with E-state index in [2.05, 4.69) is 10.8 Å². The van der Waals surface area contributed by atoms with Crippen LogP contribution >= 0.6 is 0 Å². The number of hydrogen-bond donors (Lipinski definition) is 2. The number of urea groups is 1. The number of hydroxylamine groups is 1. The molecule has 0 aromatic heterocycles. The van der Waals surface area contributed by atoms with Crippen molar-refractivity contribution in [2.24, 2.45) is 0 Å². The number of nitrogens with one attached hydrogen (secondary N) is 2. The molecule has 1 aliphatic rings. The first-order valence-electron chi connectivity index (χ1n) is 6.49. The summed E-state index contributed by atoms with van der Waals surface area (Å²) in [5.41, 5.74) is 2.13. The molecule has 0 saturated carbocycles. The van der Waals surface area contributed by atoms with Crippen molar-refractivity contribution in [1.29, 1.82) is 0 Å². The van der Waals surface area contributed by atoms with E-state index < -0.39 is 23.4 Å². The minimum atomic E-state index is -0.984. The molecule has 1 saturated heterocycles. The molecule has 0 bridgehead atoms. The van der Waals surface area contributed by atoms with Crippen molar-refractivity contribution in [3.05, 3.63) is 35.9 Å². The van der Waals surface area contributed by atoms with E-state index in [-0.39, 0.29) is 13.2 Å². The predicted molar refractivity (Wildman–Crippen MR) is 73.7 cm³/mol. The number of benzene rings is 1. The maximum absolute atomic E-state index is 11.9. The van der Waals surface area contributed by atoms with Gasteiger partial charge in [-0.05, 0) is 19.4 Å². The zero-order valence-corrected chi connectivity index (χ0v) is 11.9. The number of rotatable bonds is 5. The lowest BCUT2D eigenvalue weighted by molar-refractivity contribution is -0.140. The monoisotopic (exact) mass is 291 g/mol. The molecule has 4 amide bonds. The minimum absolute atomic E-state index is 0.207. The highest BCUT2D eigenvalue weighted by molar-refractivity contribution is 6.08. The van der Waals surface area contributed by atoms with Gasteiger partial charge in [0.1, 0.15) is 12.1 Å². The number of nitrogens with zero attached hydrogens (tertiary/aromatic N) is 1. The molecule has 2 N–H and O–H groups in total. The minimum Gasteiger partial charge on any atom is -0.324 e. The van der Waals surface area contributed by atoms with Crippen LogP contribution in [-0.4, -0.2) is 34.8 Å². The zero-order chi connectivity index (χ0) is 15.5. The molecule has 1 aromatic carbocycles. The van der Waals surface area contributed by atoms with Crippen molar-refractivity contribution >= 4 is 17.8 Å². The molecule has 1 fully saturated rings. The van der Waals surface area contributed by atoms with Crippen LogP contribution in [-0.2, 0) is 21.0 Å². The van der Waals surface area contributed by atoms with Gasteiger partial charge in [-0.15, -0.1) is 0 Å². The number of imide groups is 1. The van der Waals surface area contributed by atoms with Gasteiger partial charge in [-0.1, -0.05) is 30.3 Å². The average molecular weight is 291 g/mol. The van der Waals surface area contributed by atoms with Crippen LogP contribution in [0, 0.1) is 0 Å². The number of hydrogen-bond acceptors (Lipinski definition) is 4. The van der Waals surface area contributed by atoms with Crippen molar-refractivity contribution in [1.82, 2.24) is 15.7 Å². The fourth-order valence-electron chi connectivity index (χ4n) is 1.91. The van der Waals surface area contributed by atoms with Gasteiger partial charge in [-0.2, -0.15) is 0 Å². The van der Waals surface area contributed by atoms with Crippen LogP contribution in [0.5, 0.6) is 0 Å². The van der Waals surface area contributed by atoms with E-state index in [0.717, 1.165) is 10.5 Å². The van der Waals surface area contributed by atoms with Crippen molar-refractivity contribution in [3.8, 4) is 0 Å². The summed E-state index contributed by atoms with van der Waals surface area (Å²) in [5.74, 6) is -1.00. The van der Waals surface area contributed by atoms with E-state index in [9.17, 15) is 14.4 Å². The van der Waals surface area contributed by atoms with E-state index in [1.807, 2.05) is 30.3 Å². The third-order valence-electron chi connectivity index (χ3n) is 3.01. The SMILES string of the molecule is CC1(C)NC(=O)N(CC(=O)NOCc2ccccc2)C1=O. The maximum atomic E-state index is 11.9. The highest BCUT2D eigenvalue weighted by atomic mass is 16.6. The van der Waals surface area contributed by atoms with Gasteiger partial charge in [-0.25, -0.2) is 10.3 Å². The maximum Gasteiger partial charge on any atom is 0.325 e. The van der Waals surface area contributed by atoms with Crippen LogP contribution in [0.15, 0.2) is 30.3 Å². The van der Waals surface area contributed by atoms with Gasteiger partial charge in [0.2, 0.25) is 0 Å². The summed E-state index contributed by atoms with van der Waals surface area (Å²) in [6, 6.07) is 8.72. The fraction of sp³-hybridized carbons (Fsp3) is 0.357. The molecule has 0 radical (unpaired) electrons. The second-order valence-electron chi connectivity index (χ2n) is 5.25. The summed E-state index contributed by atoms with van der Waals surface area (Å²) in [4.78, 5) is 41.1. The fourth-order valence-corrected chi connectivity index (χ4v) is 1.91. The Kier molecular flexibility index (Phi) is 4.23. The van der Waals surface area contributed by atoms with E-state index in [4.69, 9.17) is 4.84 Å². The standard InChI is InChI=1S/C14H17N3O4/c1-14(2)12(19)17(13(20)15-14)8-11(18)16-21-9-10-6-4-3-5-7-10/h3-7H,8-9H2,1-2H3,(H,15,20)(H,16,18). The van der Waals surface area contributed by atoms with Gasteiger partial charge < -0.3 is 5.32 Å². The molecule has 0 aliphatic carbocycles. The van der Waals surface area contributed by atoms with Crippen LogP contribution in [0.4, 0.5) is 4.79 Å². The Balaban J connectivity index is 1.80. The lowest BCUT2D eigenvalue weighted by atomic mass is 10.1. The lowest BCUT2D eigenvalue weighted by Gasteiger charge is -2.15. The smallest absolute Gasteiger partial charge is 0.324 e. The van der Waals surface area contributed by atoms with Gasteiger partial charge in [0.05, 0.1) is 6.61 Å². The molecule has 1 heterocycles. The van der Waals surface area contributed by atoms with E-state index >= 15 is 0 Å². The number of carbonyl (C=O) groups excluding carboxylic acids is 3. The Morgan fingerprint density at radius 1 is 1.29 bits per heavy atom. The third kappa shape index (κ3) is 3.57. The van der Waals surface area contributed by atoms with Crippen LogP contribution < -0.4 is 10.8 Å². The number of carbonyl (C=O) groups is 3. The van der Waals surface area contributed by atoms with E-state index in [1.165, 1.54) is 0 Å². The summed E-state index contributed by atoms with van der Waals surface area (Å²) < 4.78 is 0. The Hall–Kier alpha value is -2.41. The molecular formula is C14H17N3O4. The van der Waals surface area contributed by atoms with Crippen LogP contribution in [0.3, 0.4) is 0 Å². The molecule has 0 spiro atoms. The summed E-state index contributed by atoms with van der Waals surface area (Å²) in [5, 5.41) is 2.50. The highest BCUT2D eigenvalue weighted by Crippen LogP contribution is 2.15. The second kappa shape index (κ2) is 5.92. The molecule has 0 atom stereocenters. The molecule has 1 aromatic rings. The molecule has 1 aliphatic heterocycles. The molecule has 0 unspecified atom stereocenters. The Morgan fingerprint density at radius 2 is 1.95 bits per heavy atom. The Morgan fingerprint density at radius 3 is 2.52 bits per heavy atom. The van der Waals surface area contributed by atoms with Gasteiger partial charge in [0.15, 0.2) is 0 Å². The van der Waals surface area contributed by atoms with E-state index in [1.54, 1.807) is 13.8 Å². The Bertz CT molecular complexity index is 557. The largest absolute Gasteiger partial charge is 0.325 e. The van der Waals surface area contributed by atoms with E-state index in [0.29, 0.717) is 0 Å². The van der Waals surface area contributed by atoms with Crippen LogP contribution in [0.25, 0.3) is 0 Å². The second-order valence-corrected chi connectivity index (χ2v) is 5.25. The van der Waals surface area contributed by atoms with Crippen molar-refractivity contribution < 1.29 is 19.2 Å². The van der Waals surface area contributed by atoms with Crippen molar-refractivity contribution in [3.63, 3.8) is 0 Å². The van der Waals surface area contributed by atoms with Crippen LogP contribution in [0.1, 0.15) is 19.4 Å². The highest BCUT2D eigenvalue weighted by Gasteiger charge is 2.44. The van der Waals surface area contributed by atoms with Gasteiger partial charge >= 0.3 is 6.03 Å². The summed E-state index contributed by atoms with van der Waals surface area (Å²) in [6.45, 7) is 3.00. The number of amides is 4. The van der Waals surface area contributed by atoms with Crippen molar-refractivity contribution in [2.75, 3.05) is 6.54 Å². The first-order valence-corrected chi connectivity index (χ1v) is 6.49. The first kappa shape index (κ1) is 15.0. The van der Waals surface area contributed by atoms with Gasteiger partial charge in [0, 0.05) is 0 Å². The topological polar surface area (TPSA) is 87.7 Å². The average Bonchev–Trinajstić information content (AvgIpc) is 2.62. The molecule has 21 heavy (non-hydrogen) atoms. The Labute approximate surface area is 122 Å². The summed E-state index contributed by atoms with van der Waals surface area (Å²) in [6.07, 6.45) is 0.